The van der Waals surface area contributed by atoms with Crippen molar-refractivity contribution in [2.75, 3.05) is 0 Å². The molecule has 0 spiro atoms. The van der Waals surface area contributed by atoms with Crippen molar-refractivity contribution >= 4 is 32.3 Å². The number of nitrogens with zero attached hydrogens (tertiary/aromatic N) is 2. The second-order valence-electron chi connectivity index (χ2n) is 6.90. The van der Waals surface area contributed by atoms with Crippen LogP contribution in [0.1, 0.15) is 10.4 Å². The number of thiophene rings is 1. The van der Waals surface area contributed by atoms with E-state index in [1.807, 2.05) is 36.4 Å². The predicted molar refractivity (Wildman–Crippen MR) is 117 cm³/mol. The van der Waals surface area contributed by atoms with E-state index in [1.54, 1.807) is 22.2 Å². The molecule has 0 radical (unpaired) electrons. The highest BCUT2D eigenvalue weighted by molar-refractivity contribution is 7.19. The summed E-state index contributed by atoms with van der Waals surface area (Å²) in [6, 6.07) is 24.6. The van der Waals surface area contributed by atoms with E-state index in [-0.39, 0.29) is 5.56 Å². The SMILES string of the molecule is Cc1sc2ncn(Cc3cccc4ccccc34)c(=O)c2c1-c1ccccc1. The van der Waals surface area contributed by atoms with E-state index in [9.17, 15) is 4.79 Å². The van der Waals surface area contributed by atoms with Gasteiger partial charge in [-0.1, -0.05) is 72.8 Å². The zero-order valence-electron chi connectivity index (χ0n) is 15.4. The number of aromatic nitrogens is 2. The standard InChI is InChI=1S/C24H18N2OS/c1-16-21(18-9-3-2-4-10-18)22-23(28-16)25-15-26(24(22)27)14-19-12-7-11-17-8-5-6-13-20(17)19/h2-13,15H,14H2,1H3. The van der Waals surface area contributed by atoms with Crippen LogP contribution in [0.15, 0.2) is 83.9 Å². The average molecular weight is 382 g/mol. The number of fused-ring (bicyclic) bond motifs is 2. The Kier molecular flexibility index (Phi) is 4.06. The van der Waals surface area contributed by atoms with Crippen LogP contribution in [-0.2, 0) is 6.54 Å². The maximum Gasteiger partial charge on any atom is 0.263 e. The van der Waals surface area contributed by atoms with Crippen LogP contribution in [0.4, 0.5) is 0 Å². The summed E-state index contributed by atoms with van der Waals surface area (Å²) in [4.78, 5) is 19.9. The van der Waals surface area contributed by atoms with Crippen LogP contribution in [-0.4, -0.2) is 9.55 Å². The van der Waals surface area contributed by atoms with Gasteiger partial charge in [-0.05, 0) is 28.8 Å². The van der Waals surface area contributed by atoms with E-state index in [0.717, 1.165) is 31.8 Å². The third kappa shape index (κ3) is 2.74. The molecule has 0 unspecified atom stereocenters. The number of hydrogen-bond acceptors (Lipinski definition) is 3. The molecular weight excluding hydrogens is 364 g/mol. The van der Waals surface area contributed by atoms with Crippen molar-refractivity contribution in [1.29, 1.82) is 0 Å². The number of rotatable bonds is 3. The Labute approximate surface area is 166 Å². The van der Waals surface area contributed by atoms with Crippen molar-refractivity contribution < 1.29 is 0 Å². The molecule has 0 fully saturated rings. The second kappa shape index (κ2) is 6.73. The third-order valence-electron chi connectivity index (χ3n) is 5.14. The van der Waals surface area contributed by atoms with Gasteiger partial charge in [-0.2, -0.15) is 0 Å². The molecule has 28 heavy (non-hydrogen) atoms. The van der Waals surface area contributed by atoms with Crippen LogP contribution < -0.4 is 5.56 Å². The Bertz CT molecular complexity index is 1360. The number of aryl methyl sites for hydroxylation is 1. The number of hydrogen-bond donors (Lipinski definition) is 0. The molecule has 3 aromatic carbocycles. The van der Waals surface area contributed by atoms with Gasteiger partial charge in [0, 0.05) is 10.4 Å². The van der Waals surface area contributed by atoms with Gasteiger partial charge >= 0.3 is 0 Å². The highest BCUT2D eigenvalue weighted by atomic mass is 32.1. The lowest BCUT2D eigenvalue weighted by molar-refractivity contribution is 0.754. The van der Waals surface area contributed by atoms with Gasteiger partial charge in [0.2, 0.25) is 0 Å². The summed E-state index contributed by atoms with van der Waals surface area (Å²) in [6.45, 7) is 2.56. The van der Waals surface area contributed by atoms with Crippen molar-refractivity contribution in [2.24, 2.45) is 0 Å². The Hall–Kier alpha value is -3.24. The molecule has 0 atom stereocenters. The first kappa shape index (κ1) is 16.9. The molecule has 5 rings (SSSR count). The molecular formula is C24H18N2OS. The zero-order chi connectivity index (χ0) is 19.1. The third-order valence-corrected chi connectivity index (χ3v) is 6.15. The minimum atomic E-state index is 0.0149. The highest BCUT2D eigenvalue weighted by Crippen LogP contribution is 2.35. The van der Waals surface area contributed by atoms with E-state index in [2.05, 4.69) is 48.3 Å². The summed E-state index contributed by atoms with van der Waals surface area (Å²) in [5.74, 6) is 0. The predicted octanol–water partition coefficient (Wildman–Crippen LogP) is 5.63. The van der Waals surface area contributed by atoms with Gasteiger partial charge in [-0.15, -0.1) is 11.3 Å². The van der Waals surface area contributed by atoms with Crippen molar-refractivity contribution in [1.82, 2.24) is 9.55 Å². The fraction of sp³-hybridized carbons (Fsp3) is 0.0833. The van der Waals surface area contributed by atoms with E-state index < -0.39 is 0 Å². The van der Waals surface area contributed by atoms with Crippen molar-refractivity contribution in [3.63, 3.8) is 0 Å². The molecule has 4 heteroatoms. The van der Waals surface area contributed by atoms with Gasteiger partial charge in [0.05, 0.1) is 18.3 Å². The monoisotopic (exact) mass is 382 g/mol. The molecule has 2 heterocycles. The van der Waals surface area contributed by atoms with Crippen LogP contribution in [0.3, 0.4) is 0 Å². The van der Waals surface area contributed by atoms with Gasteiger partial charge < -0.3 is 0 Å². The molecule has 3 nitrogen and oxygen atoms in total. The molecule has 5 aromatic rings. The molecule has 0 aliphatic carbocycles. The normalized spacial score (nSPS) is 11.3. The first-order valence-corrected chi connectivity index (χ1v) is 10.0. The molecule has 0 aliphatic rings. The molecule has 2 aromatic heterocycles. The van der Waals surface area contributed by atoms with Crippen LogP contribution >= 0.6 is 11.3 Å². The largest absolute Gasteiger partial charge is 0.294 e. The molecule has 0 N–H and O–H groups in total. The fourth-order valence-corrected chi connectivity index (χ4v) is 4.82. The summed E-state index contributed by atoms with van der Waals surface area (Å²) >= 11 is 1.58. The second-order valence-corrected chi connectivity index (χ2v) is 8.10. The maximum absolute atomic E-state index is 13.4. The summed E-state index contributed by atoms with van der Waals surface area (Å²) in [5, 5.41) is 3.07. The van der Waals surface area contributed by atoms with Gasteiger partial charge in [0.1, 0.15) is 4.83 Å². The lowest BCUT2D eigenvalue weighted by Crippen LogP contribution is -2.21. The summed E-state index contributed by atoms with van der Waals surface area (Å²) in [7, 11) is 0. The quantitative estimate of drug-likeness (QED) is 0.405. The van der Waals surface area contributed by atoms with Crippen LogP contribution in [0.25, 0.3) is 32.1 Å². The first-order chi connectivity index (χ1) is 13.7. The molecule has 136 valence electrons. The lowest BCUT2D eigenvalue weighted by Gasteiger charge is -2.09. The summed E-state index contributed by atoms with van der Waals surface area (Å²) < 4.78 is 1.72. The van der Waals surface area contributed by atoms with Crippen LogP contribution in [0.2, 0.25) is 0 Å². The lowest BCUT2D eigenvalue weighted by atomic mass is 10.0. The highest BCUT2D eigenvalue weighted by Gasteiger charge is 2.17. The van der Waals surface area contributed by atoms with Crippen molar-refractivity contribution in [2.45, 2.75) is 13.5 Å². The molecule has 0 amide bonds. The van der Waals surface area contributed by atoms with Crippen molar-refractivity contribution in [3.05, 3.63) is 99.9 Å². The first-order valence-electron chi connectivity index (χ1n) is 9.23. The fourth-order valence-electron chi connectivity index (χ4n) is 3.82. The minimum absolute atomic E-state index is 0.0149. The van der Waals surface area contributed by atoms with Gasteiger partial charge in [0.15, 0.2) is 0 Å². The van der Waals surface area contributed by atoms with Gasteiger partial charge in [-0.25, -0.2) is 4.98 Å². The smallest absolute Gasteiger partial charge is 0.263 e. The Morgan fingerprint density at radius 1 is 0.929 bits per heavy atom. The molecule has 0 saturated carbocycles. The van der Waals surface area contributed by atoms with Crippen molar-refractivity contribution in [3.8, 4) is 11.1 Å². The molecule has 0 aliphatic heterocycles. The van der Waals surface area contributed by atoms with E-state index >= 15 is 0 Å². The van der Waals surface area contributed by atoms with E-state index in [4.69, 9.17) is 0 Å². The summed E-state index contributed by atoms with van der Waals surface area (Å²) in [5.41, 5.74) is 3.20. The summed E-state index contributed by atoms with van der Waals surface area (Å²) in [6.07, 6.45) is 1.68. The average Bonchev–Trinajstić information content (AvgIpc) is 3.08. The van der Waals surface area contributed by atoms with Crippen LogP contribution in [0.5, 0.6) is 0 Å². The maximum atomic E-state index is 13.4. The topological polar surface area (TPSA) is 34.9 Å². The van der Waals surface area contributed by atoms with E-state index in [1.165, 1.54) is 10.8 Å². The minimum Gasteiger partial charge on any atom is -0.294 e. The molecule has 0 saturated heterocycles. The zero-order valence-corrected chi connectivity index (χ0v) is 16.2. The van der Waals surface area contributed by atoms with Gasteiger partial charge in [-0.3, -0.25) is 9.36 Å². The Morgan fingerprint density at radius 2 is 1.68 bits per heavy atom. The Balaban J connectivity index is 1.69. The van der Waals surface area contributed by atoms with E-state index in [0.29, 0.717) is 6.54 Å². The molecule has 0 bridgehead atoms. The van der Waals surface area contributed by atoms with Crippen LogP contribution in [0, 0.1) is 6.92 Å². The number of benzene rings is 3. The Morgan fingerprint density at radius 3 is 2.54 bits per heavy atom. The van der Waals surface area contributed by atoms with Gasteiger partial charge in [0.25, 0.3) is 5.56 Å².